The van der Waals surface area contributed by atoms with Crippen molar-refractivity contribution in [1.82, 2.24) is 19.9 Å². The van der Waals surface area contributed by atoms with Crippen LogP contribution in [0.15, 0.2) is 29.3 Å². The molecule has 2 aromatic heterocycles. The molecule has 1 aromatic carbocycles. The van der Waals surface area contributed by atoms with Gasteiger partial charge in [0.05, 0.1) is 11.3 Å². The molecule has 0 saturated heterocycles. The Morgan fingerprint density at radius 1 is 1.00 bits per heavy atom. The Morgan fingerprint density at radius 3 is 2.39 bits per heavy atom. The van der Waals surface area contributed by atoms with Gasteiger partial charge < -0.3 is 11.1 Å². The van der Waals surface area contributed by atoms with E-state index in [4.69, 9.17) is 5.73 Å². The maximum atomic E-state index is 9.51. The predicted octanol–water partition coefficient (Wildman–Crippen LogP) is 3.99. The number of hydrogen-bond donors (Lipinski definition) is 2. The SMILES string of the molecule is Cc1ccc(Nc2nc(N)nc(CSc3nc(C)c(C)c(C)c3C#N)n2)cc1. The maximum Gasteiger partial charge on any atom is 0.232 e. The molecule has 3 aromatic rings. The fourth-order valence-electron chi connectivity index (χ4n) is 2.60. The molecule has 28 heavy (non-hydrogen) atoms. The minimum absolute atomic E-state index is 0.143. The zero-order chi connectivity index (χ0) is 20.3. The number of hydrogen-bond acceptors (Lipinski definition) is 8. The van der Waals surface area contributed by atoms with E-state index in [0.717, 1.165) is 22.5 Å². The van der Waals surface area contributed by atoms with Crippen molar-refractivity contribution in [1.29, 1.82) is 5.26 Å². The van der Waals surface area contributed by atoms with Gasteiger partial charge in [0.1, 0.15) is 16.9 Å². The van der Waals surface area contributed by atoms with Crippen LogP contribution in [0.5, 0.6) is 0 Å². The van der Waals surface area contributed by atoms with E-state index in [-0.39, 0.29) is 5.95 Å². The Hall–Kier alpha value is -3.18. The molecular formula is C20H21N7S. The van der Waals surface area contributed by atoms with Crippen LogP contribution < -0.4 is 11.1 Å². The molecule has 2 heterocycles. The molecule has 0 amide bonds. The first-order chi connectivity index (χ1) is 13.4. The molecule has 142 valence electrons. The van der Waals surface area contributed by atoms with Crippen molar-refractivity contribution in [2.75, 3.05) is 11.1 Å². The van der Waals surface area contributed by atoms with Gasteiger partial charge in [0, 0.05) is 11.4 Å². The molecule has 0 aliphatic rings. The molecule has 0 fully saturated rings. The van der Waals surface area contributed by atoms with Crippen molar-refractivity contribution in [3.63, 3.8) is 0 Å². The van der Waals surface area contributed by atoms with Crippen LogP contribution in [-0.2, 0) is 5.75 Å². The summed E-state index contributed by atoms with van der Waals surface area (Å²) in [5, 5.41) is 13.3. The largest absolute Gasteiger partial charge is 0.368 e. The molecule has 8 heteroatoms. The van der Waals surface area contributed by atoms with Gasteiger partial charge >= 0.3 is 0 Å². The highest BCUT2D eigenvalue weighted by Crippen LogP contribution is 2.28. The monoisotopic (exact) mass is 391 g/mol. The summed E-state index contributed by atoms with van der Waals surface area (Å²) in [4.78, 5) is 17.4. The molecule has 3 N–H and O–H groups in total. The number of pyridine rings is 1. The van der Waals surface area contributed by atoms with Crippen LogP contribution >= 0.6 is 11.8 Å². The number of nitrogens with two attached hydrogens (primary N) is 1. The summed E-state index contributed by atoms with van der Waals surface area (Å²) in [7, 11) is 0. The third kappa shape index (κ3) is 4.38. The Bertz CT molecular complexity index is 1060. The standard InChI is InChI=1S/C20H21N7S/c1-11-5-7-15(8-6-11)24-20-26-17(25-19(22)27-20)10-28-18-16(9-21)13(3)12(2)14(4)23-18/h5-8H,10H2,1-4H3,(H3,22,24,25,26,27). The number of aryl methyl sites for hydroxylation is 2. The van der Waals surface area contributed by atoms with Gasteiger partial charge in [-0.2, -0.15) is 20.2 Å². The first-order valence-corrected chi connectivity index (χ1v) is 9.70. The van der Waals surface area contributed by atoms with Crippen LogP contribution in [0.2, 0.25) is 0 Å². The highest BCUT2D eigenvalue weighted by atomic mass is 32.2. The summed E-state index contributed by atoms with van der Waals surface area (Å²) in [5.41, 5.74) is 11.4. The van der Waals surface area contributed by atoms with Crippen LogP contribution in [-0.4, -0.2) is 19.9 Å². The van der Waals surface area contributed by atoms with Crippen molar-refractivity contribution in [3.8, 4) is 6.07 Å². The number of aromatic nitrogens is 4. The number of rotatable bonds is 5. The number of nitrogen functional groups attached to an aromatic ring is 1. The maximum absolute atomic E-state index is 9.51. The Morgan fingerprint density at radius 2 is 1.71 bits per heavy atom. The van der Waals surface area contributed by atoms with Gasteiger partial charge in [-0.15, -0.1) is 0 Å². The van der Waals surface area contributed by atoms with Crippen molar-refractivity contribution in [3.05, 3.63) is 58.0 Å². The summed E-state index contributed by atoms with van der Waals surface area (Å²) in [6, 6.07) is 10.2. The lowest BCUT2D eigenvalue weighted by Gasteiger charge is -2.11. The summed E-state index contributed by atoms with van der Waals surface area (Å²) in [6.07, 6.45) is 0. The minimum atomic E-state index is 0.143. The molecule has 0 saturated carbocycles. The second kappa shape index (κ2) is 8.23. The lowest BCUT2D eigenvalue weighted by Crippen LogP contribution is -2.07. The number of benzene rings is 1. The summed E-state index contributed by atoms with van der Waals surface area (Å²) in [5.74, 6) is 1.48. The molecule has 0 spiro atoms. The summed E-state index contributed by atoms with van der Waals surface area (Å²) >= 11 is 1.42. The van der Waals surface area contributed by atoms with Gasteiger partial charge in [-0.25, -0.2) is 4.98 Å². The predicted molar refractivity (Wildman–Crippen MR) is 111 cm³/mol. The second-order valence-electron chi connectivity index (χ2n) is 6.45. The van der Waals surface area contributed by atoms with Crippen molar-refractivity contribution in [2.24, 2.45) is 0 Å². The van der Waals surface area contributed by atoms with Crippen LogP contribution in [0.1, 0.15) is 33.8 Å². The van der Waals surface area contributed by atoms with Crippen molar-refractivity contribution < 1.29 is 0 Å². The minimum Gasteiger partial charge on any atom is -0.368 e. The highest BCUT2D eigenvalue weighted by Gasteiger charge is 2.14. The van der Waals surface area contributed by atoms with E-state index >= 15 is 0 Å². The van der Waals surface area contributed by atoms with E-state index in [1.807, 2.05) is 52.0 Å². The molecular weight excluding hydrogens is 370 g/mol. The van der Waals surface area contributed by atoms with Crippen LogP contribution in [0.3, 0.4) is 0 Å². The molecule has 0 unspecified atom stereocenters. The molecule has 0 radical (unpaired) electrons. The molecule has 0 atom stereocenters. The summed E-state index contributed by atoms with van der Waals surface area (Å²) < 4.78 is 0. The van der Waals surface area contributed by atoms with E-state index in [1.165, 1.54) is 17.3 Å². The molecule has 3 rings (SSSR count). The van der Waals surface area contributed by atoms with Gasteiger partial charge in [-0.3, -0.25) is 0 Å². The summed E-state index contributed by atoms with van der Waals surface area (Å²) in [6.45, 7) is 7.88. The fraction of sp³-hybridized carbons (Fsp3) is 0.250. The average Bonchev–Trinajstić information content (AvgIpc) is 2.66. The quantitative estimate of drug-likeness (QED) is 0.628. The zero-order valence-electron chi connectivity index (χ0n) is 16.2. The third-order valence-electron chi connectivity index (χ3n) is 4.42. The first-order valence-electron chi connectivity index (χ1n) is 8.72. The van der Waals surface area contributed by atoms with E-state index < -0.39 is 0 Å². The van der Waals surface area contributed by atoms with Crippen LogP contribution in [0.4, 0.5) is 17.6 Å². The smallest absolute Gasteiger partial charge is 0.232 e. The Balaban J connectivity index is 1.81. The first kappa shape index (κ1) is 19.6. The normalized spacial score (nSPS) is 10.5. The van der Waals surface area contributed by atoms with E-state index in [0.29, 0.717) is 28.1 Å². The van der Waals surface area contributed by atoms with E-state index in [9.17, 15) is 5.26 Å². The van der Waals surface area contributed by atoms with Gasteiger partial charge in [-0.1, -0.05) is 29.5 Å². The van der Waals surface area contributed by atoms with Gasteiger partial charge in [0.25, 0.3) is 0 Å². The molecule has 0 bridgehead atoms. The highest BCUT2D eigenvalue weighted by molar-refractivity contribution is 7.98. The van der Waals surface area contributed by atoms with Crippen molar-refractivity contribution >= 4 is 29.3 Å². The molecule has 0 aliphatic carbocycles. The number of nitriles is 1. The van der Waals surface area contributed by atoms with E-state index in [2.05, 4.69) is 31.3 Å². The fourth-order valence-corrected chi connectivity index (χ4v) is 3.54. The Labute approximate surface area is 168 Å². The number of thioether (sulfide) groups is 1. The average molecular weight is 392 g/mol. The molecule has 0 aliphatic heterocycles. The van der Waals surface area contributed by atoms with Crippen LogP contribution in [0, 0.1) is 39.0 Å². The number of nitrogens with one attached hydrogen (secondary N) is 1. The Kier molecular flexibility index (Phi) is 5.76. The lowest BCUT2D eigenvalue weighted by molar-refractivity contribution is 0.969. The van der Waals surface area contributed by atoms with Crippen molar-refractivity contribution in [2.45, 2.75) is 38.5 Å². The van der Waals surface area contributed by atoms with Gasteiger partial charge in [0.2, 0.25) is 11.9 Å². The zero-order valence-corrected chi connectivity index (χ0v) is 17.1. The van der Waals surface area contributed by atoms with Gasteiger partial charge in [0.15, 0.2) is 0 Å². The molecule has 7 nitrogen and oxygen atoms in total. The second-order valence-corrected chi connectivity index (χ2v) is 7.42. The van der Waals surface area contributed by atoms with Crippen LogP contribution in [0.25, 0.3) is 0 Å². The third-order valence-corrected chi connectivity index (χ3v) is 5.39. The van der Waals surface area contributed by atoms with E-state index in [1.54, 1.807) is 0 Å². The number of nitrogens with zero attached hydrogens (tertiary/aromatic N) is 5. The topological polar surface area (TPSA) is 113 Å². The number of anilines is 3. The lowest BCUT2D eigenvalue weighted by atomic mass is 10.1. The van der Waals surface area contributed by atoms with Gasteiger partial charge in [-0.05, 0) is 51.0 Å².